The fourth-order valence-electron chi connectivity index (χ4n) is 2.66. The summed E-state index contributed by atoms with van der Waals surface area (Å²) in [7, 11) is 0. The minimum atomic E-state index is -0.827. The lowest BCUT2D eigenvalue weighted by Crippen LogP contribution is -1.86. The van der Waals surface area contributed by atoms with Crippen LogP contribution in [0.5, 0.6) is 0 Å². The van der Waals surface area contributed by atoms with Crippen LogP contribution in [-0.4, -0.2) is 0 Å². The van der Waals surface area contributed by atoms with Crippen LogP contribution >= 0.6 is 0 Å². The Hall–Kier alpha value is -2.74. The van der Waals surface area contributed by atoms with E-state index in [9.17, 15) is 8.78 Å². The maximum Gasteiger partial charge on any atom is 0.159 e. The zero-order valence-corrected chi connectivity index (χ0v) is 13.3. The van der Waals surface area contributed by atoms with E-state index in [0.717, 1.165) is 35.6 Å². The van der Waals surface area contributed by atoms with Crippen molar-refractivity contribution in [1.29, 1.82) is 0 Å². The fourth-order valence-corrected chi connectivity index (χ4v) is 2.66. The van der Waals surface area contributed by atoms with Crippen LogP contribution in [-0.2, 0) is 6.42 Å². The SMILES string of the molecule is C=CCCc1ccc(-c2ccc(-c3ccc(F)c(F)c3)cc2)cc1. The van der Waals surface area contributed by atoms with Gasteiger partial charge in [-0.1, -0.05) is 60.7 Å². The Bertz CT molecular complexity index is 831. The lowest BCUT2D eigenvalue weighted by Gasteiger charge is -2.07. The van der Waals surface area contributed by atoms with Gasteiger partial charge in [0.15, 0.2) is 11.6 Å². The smallest absolute Gasteiger partial charge is 0.159 e. The summed E-state index contributed by atoms with van der Waals surface area (Å²) < 4.78 is 26.4. The van der Waals surface area contributed by atoms with E-state index < -0.39 is 11.6 Å². The van der Waals surface area contributed by atoms with Crippen molar-refractivity contribution in [1.82, 2.24) is 0 Å². The molecule has 0 bridgehead atoms. The highest BCUT2D eigenvalue weighted by molar-refractivity contribution is 5.70. The Balaban J connectivity index is 1.81. The van der Waals surface area contributed by atoms with Gasteiger partial charge in [-0.05, 0) is 52.8 Å². The zero-order valence-electron chi connectivity index (χ0n) is 13.3. The van der Waals surface area contributed by atoms with Gasteiger partial charge in [-0.2, -0.15) is 0 Å². The molecule has 0 N–H and O–H groups in total. The number of hydrogen-bond donors (Lipinski definition) is 0. The summed E-state index contributed by atoms with van der Waals surface area (Å²) in [6.45, 7) is 3.74. The first-order chi connectivity index (χ1) is 11.7. The Morgan fingerprint density at radius 3 is 1.71 bits per heavy atom. The third kappa shape index (κ3) is 3.60. The van der Waals surface area contributed by atoms with Gasteiger partial charge in [0, 0.05) is 0 Å². The van der Waals surface area contributed by atoms with Crippen molar-refractivity contribution in [2.45, 2.75) is 12.8 Å². The lowest BCUT2D eigenvalue weighted by atomic mass is 9.99. The molecule has 0 aliphatic carbocycles. The molecule has 0 saturated carbocycles. The number of hydrogen-bond acceptors (Lipinski definition) is 0. The first kappa shape index (κ1) is 16.1. The van der Waals surface area contributed by atoms with E-state index in [1.165, 1.54) is 11.6 Å². The minimum Gasteiger partial charge on any atom is -0.204 e. The largest absolute Gasteiger partial charge is 0.204 e. The predicted molar refractivity (Wildman–Crippen MR) is 95.7 cm³/mol. The van der Waals surface area contributed by atoms with Gasteiger partial charge in [0.25, 0.3) is 0 Å². The molecule has 0 nitrogen and oxygen atoms in total. The molecule has 0 radical (unpaired) electrons. The number of rotatable bonds is 5. The average molecular weight is 320 g/mol. The maximum atomic E-state index is 13.4. The van der Waals surface area contributed by atoms with Crippen molar-refractivity contribution in [3.63, 3.8) is 0 Å². The summed E-state index contributed by atoms with van der Waals surface area (Å²) in [4.78, 5) is 0. The van der Waals surface area contributed by atoms with Gasteiger partial charge in [0.2, 0.25) is 0 Å². The van der Waals surface area contributed by atoms with E-state index in [0.29, 0.717) is 5.56 Å². The summed E-state index contributed by atoms with van der Waals surface area (Å²) >= 11 is 0. The molecule has 24 heavy (non-hydrogen) atoms. The second-order valence-electron chi connectivity index (χ2n) is 5.73. The highest BCUT2D eigenvalue weighted by Crippen LogP contribution is 2.26. The summed E-state index contributed by atoms with van der Waals surface area (Å²) in [6, 6.07) is 20.3. The van der Waals surface area contributed by atoms with Crippen LogP contribution in [0.2, 0.25) is 0 Å². The summed E-state index contributed by atoms with van der Waals surface area (Å²) in [5.74, 6) is -1.65. The van der Waals surface area contributed by atoms with Crippen molar-refractivity contribution in [3.8, 4) is 22.3 Å². The van der Waals surface area contributed by atoms with E-state index in [4.69, 9.17) is 0 Å². The van der Waals surface area contributed by atoms with Crippen LogP contribution in [0.3, 0.4) is 0 Å². The summed E-state index contributed by atoms with van der Waals surface area (Å²) in [5.41, 5.74) is 5.04. The molecule has 0 atom stereocenters. The van der Waals surface area contributed by atoms with Crippen molar-refractivity contribution < 1.29 is 8.78 Å². The molecule has 0 aliphatic rings. The fraction of sp³-hybridized carbons (Fsp3) is 0.0909. The molecule has 0 amide bonds. The Labute approximate surface area is 141 Å². The van der Waals surface area contributed by atoms with E-state index in [1.54, 1.807) is 6.07 Å². The monoisotopic (exact) mass is 320 g/mol. The second kappa shape index (κ2) is 7.22. The van der Waals surface area contributed by atoms with Crippen LogP contribution < -0.4 is 0 Å². The molecule has 3 aromatic rings. The van der Waals surface area contributed by atoms with Gasteiger partial charge < -0.3 is 0 Å². The maximum absolute atomic E-state index is 13.4. The topological polar surface area (TPSA) is 0 Å². The van der Waals surface area contributed by atoms with Crippen LogP contribution in [0, 0.1) is 11.6 Å². The first-order valence-corrected chi connectivity index (χ1v) is 7.93. The lowest BCUT2D eigenvalue weighted by molar-refractivity contribution is 0.509. The van der Waals surface area contributed by atoms with Crippen LogP contribution in [0.4, 0.5) is 8.78 Å². The number of halogens is 2. The summed E-state index contributed by atoms with van der Waals surface area (Å²) in [6.07, 6.45) is 3.89. The molecular weight excluding hydrogens is 302 g/mol. The quantitative estimate of drug-likeness (QED) is 0.476. The minimum absolute atomic E-state index is 0.667. The molecule has 0 aliphatic heterocycles. The molecular formula is C22H18F2. The Kier molecular flexibility index (Phi) is 4.85. The molecule has 3 aromatic carbocycles. The van der Waals surface area contributed by atoms with Gasteiger partial charge in [-0.15, -0.1) is 6.58 Å². The average Bonchev–Trinajstić information content (AvgIpc) is 2.63. The highest BCUT2D eigenvalue weighted by atomic mass is 19.2. The van der Waals surface area contributed by atoms with Gasteiger partial charge in [0.05, 0.1) is 0 Å². The van der Waals surface area contributed by atoms with Crippen molar-refractivity contribution in [2.75, 3.05) is 0 Å². The number of aryl methyl sites for hydroxylation is 1. The highest BCUT2D eigenvalue weighted by Gasteiger charge is 2.05. The van der Waals surface area contributed by atoms with Gasteiger partial charge >= 0.3 is 0 Å². The second-order valence-corrected chi connectivity index (χ2v) is 5.73. The number of benzene rings is 3. The van der Waals surface area contributed by atoms with Crippen LogP contribution in [0.25, 0.3) is 22.3 Å². The van der Waals surface area contributed by atoms with Crippen LogP contribution in [0.15, 0.2) is 79.4 Å². The van der Waals surface area contributed by atoms with Crippen molar-refractivity contribution >= 4 is 0 Å². The molecule has 120 valence electrons. The van der Waals surface area contributed by atoms with Gasteiger partial charge in [-0.25, -0.2) is 8.78 Å². The summed E-state index contributed by atoms with van der Waals surface area (Å²) in [5, 5.41) is 0. The Morgan fingerprint density at radius 2 is 1.17 bits per heavy atom. The van der Waals surface area contributed by atoms with E-state index in [2.05, 4.69) is 30.8 Å². The van der Waals surface area contributed by atoms with Gasteiger partial charge in [-0.3, -0.25) is 0 Å². The molecule has 0 aromatic heterocycles. The number of allylic oxidation sites excluding steroid dienone is 1. The normalized spacial score (nSPS) is 10.6. The Morgan fingerprint density at radius 1 is 0.667 bits per heavy atom. The van der Waals surface area contributed by atoms with E-state index in [-0.39, 0.29) is 0 Å². The molecule has 0 spiro atoms. The molecule has 2 heteroatoms. The van der Waals surface area contributed by atoms with E-state index >= 15 is 0 Å². The molecule has 0 saturated heterocycles. The molecule has 0 heterocycles. The van der Waals surface area contributed by atoms with Crippen molar-refractivity contribution in [2.24, 2.45) is 0 Å². The molecule has 3 rings (SSSR count). The predicted octanol–water partition coefficient (Wildman–Crippen LogP) is 6.42. The third-order valence-corrected chi connectivity index (χ3v) is 4.06. The van der Waals surface area contributed by atoms with Gasteiger partial charge in [0.1, 0.15) is 0 Å². The van der Waals surface area contributed by atoms with Crippen molar-refractivity contribution in [3.05, 3.63) is 96.6 Å². The molecule has 0 unspecified atom stereocenters. The van der Waals surface area contributed by atoms with E-state index in [1.807, 2.05) is 30.3 Å². The van der Waals surface area contributed by atoms with Crippen LogP contribution in [0.1, 0.15) is 12.0 Å². The zero-order chi connectivity index (χ0) is 16.9. The third-order valence-electron chi connectivity index (χ3n) is 4.06. The molecule has 0 fully saturated rings. The standard InChI is InChI=1S/C22H18F2/c1-2-3-4-16-5-7-17(8-6-16)18-9-11-19(12-10-18)20-13-14-21(23)22(24)15-20/h2,5-15H,1,3-4H2. The first-order valence-electron chi connectivity index (χ1n) is 7.93.